The van der Waals surface area contributed by atoms with Gasteiger partial charge in [-0.3, -0.25) is 0 Å². The average molecular weight is 297 g/mol. The van der Waals surface area contributed by atoms with E-state index in [4.69, 9.17) is 5.11 Å². The van der Waals surface area contributed by atoms with Crippen molar-refractivity contribution in [2.75, 3.05) is 5.32 Å². The molecule has 0 radical (unpaired) electrons. The quantitative estimate of drug-likeness (QED) is 0.907. The van der Waals surface area contributed by atoms with Crippen LogP contribution in [0, 0.1) is 0 Å². The molecule has 0 unspecified atom stereocenters. The zero-order chi connectivity index (χ0) is 15.5. The van der Waals surface area contributed by atoms with Crippen LogP contribution in [0.25, 0.3) is 0 Å². The molecule has 2 rings (SSSR count). The van der Waals surface area contributed by atoms with Gasteiger partial charge in [0.2, 0.25) is 5.95 Å². The van der Waals surface area contributed by atoms with Crippen LogP contribution in [0.3, 0.4) is 0 Å². The summed E-state index contributed by atoms with van der Waals surface area (Å²) in [5.74, 6) is -1.09. The number of anilines is 1. The first-order valence-electron chi connectivity index (χ1n) is 5.82. The Labute approximate surface area is 117 Å². The second-order valence-corrected chi connectivity index (χ2v) is 4.12. The van der Waals surface area contributed by atoms with Crippen LogP contribution in [0.1, 0.15) is 21.6 Å². The minimum absolute atomic E-state index is 0.0924. The SMILES string of the molecule is O=C(O)c1ccnc(NCc2ccc(C(F)(F)F)cc2)n1. The van der Waals surface area contributed by atoms with Gasteiger partial charge < -0.3 is 10.4 Å². The third kappa shape index (κ3) is 3.91. The fraction of sp³-hybridized carbons (Fsp3) is 0.154. The molecule has 5 nitrogen and oxygen atoms in total. The third-order valence-electron chi connectivity index (χ3n) is 2.61. The number of hydrogen-bond acceptors (Lipinski definition) is 4. The van der Waals surface area contributed by atoms with Gasteiger partial charge in [0, 0.05) is 12.7 Å². The lowest BCUT2D eigenvalue weighted by molar-refractivity contribution is -0.137. The van der Waals surface area contributed by atoms with E-state index in [2.05, 4.69) is 15.3 Å². The van der Waals surface area contributed by atoms with Crippen LogP contribution in [0.15, 0.2) is 36.5 Å². The second kappa shape index (κ2) is 5.78. The lowest BCUT2D eigenvalue weighted by Crippen LogP contribution is -2.08. The van der Waals surface area contributed by atoms with Gasteiger partial charge in [-0.25, -0.2) is 14.8 Å². The molecule has 0 saturated carbocycles. The van der Waals surface area contributed by atoms with E-state index in [1.165, 1.54) is 24.4 Å². The van der Waals surface area contributed by atoms with Crippen molar-refractivity contribution in [1.29, 1.82) is 0 Å². The van der Waals surface area contributed by atoms with Crippen LogP contribution in [0.4, 0.5) is 19.1 Å². The van der Waals surface area contributed by atoms with Gasteiger partial charge in [0.05, 0.1) is 5.56 Å². The molecule has 0 amide bonds. The molecule has 0 bridgehead atoms. The maximum absolute atomic E-state index is 12.4. The largest absolute Gasteiger partial charge is 0.477 e. The smallest absolute Gasteiger partial charge is 0.416 e. The second-order valence-electron chi connectivity index (χ2n) is 4.12. The molecule has 0 atom stereocenters. The van der Waals surface area contributed by atoms with Gasteiger partial charge in [0.25, 0.3) is 0 Å². The summed E-state index contributed by atoms with van der Waals surface area (Å²) in [6.07, 6.45) is -3.09. The molecule has 0 aliphatic heterocycles. The van der Waals surface area contributed by atoms with Crippen LogP contribution < -0.4 is 5.32 Å². The van der Waals surface area contributed by atoms with Crippen molar-refractivity contribution >= 4 is 11.9 Å². The first kappa shape index (κ1) is 14.8. The molecule has 8 heteroatoms. The van der Waals surface area contributed by atoms with E-state index in [-0.39, 0.29) is 18.2 Å². The van der Waals surface area contributed by atoms with Gasteiger partial charge in [-0.15, -0.1) is 0 Å². The third-order valence-corrected chi connectivity index (χ3v) is 2.61. The van der Waals surface area contributed by atoms with Crippen LogP contribution in [-0.4, -0.2) is 21.0 Å². The van der Waals surface area contributed by atoms with Crippen molar-refractivity contribution in [1.82, 2.24) is 9.97 Å². The highest BCUT2D eigenvalue weighted by molar-refractivity contribution is 5.85. The summed E-state index contributed by atoms with van der Waals surface area (Å²) >= 11 is 0. The number of carbonyl (C=O) groups is 1. The molecule has 0 fully saturated rings. The number of rotatable bonds is 4. The molecule has 21 heavy (non-hydrogen) atoms. The molecule has 1 aromatic heterocycles. The zero-order valence-electron chi connectivity index (χ0n) is 10.6. The number of nitrogens with one attached hydrogen (secondary N) is 1. The van der Waals surface area contributed by atoms with E-state index in [0.29, 0.717) is 5.56 Å². The Morgan fingerprint density at radius 1 is 1.19 bits per heavy atom. The standard InChI is InChI=1S/C13H10F3N3O2/c14-13(15,16)9-3-1-8(2-4-9)7-18-12-17-6-5-10(19-12)11(20)21/h1-6H,7H2,(H,20,21)(H,17,18,19). The van der Waals surface area contributed by atoms with E-state index in [1.54, 1.807) is 0 Å². The van der Waals surface area contributed by atoms with Crippen LogP contribution in [0.2, 0.25) is 0 Å². The maximum atomic E-state index is 12.4. The van der Waals surface area contributed by atoms with Gasteiger partial charge >= 0.3 is 12.1 Å². The normalized spacial score (nSPS) is 11.2. The number of hydrogen-bond donors (Lipinski definition) is 2. The monoisotopic (exact) mass is 297 g/mol. The highest BCUT2D eigenvalue weighted by atomic mass is 19.4. The fourth-order valence-corrected chi connectivity index (χ4v) is 1.56. The molecular formula is C13H10F3N3O2. The minimum Gasteiger partial charge on any atom is -0.477 e. The molecule has 0 aliphatic rings. The Morgan fingerprint density at radius 3 is 2.43 bits per heavy atom. The molecular weight excluding hydrogens is 287 g/mol. The number of nitrogens with zero attached hydrogens (tertiary/aromatic N) is 2. The highest BCUT2D eigenvalue weighted by Crippen LogP contribution is 2.29. The molecule has 110 valence electrons. The van der Waals surface area contributed by atoms with Crippen molar-refractivity contribution in [3.8, 4) is 0 Å². The predicted molar refractivity (Wildman–Crippen MR) is 67.8 cm³/mol. The van der Waals surface area contributed by atoms with Crippen LogP contribution in [-0.2, 0) is 12.7 Å². The summed E-state index contributed by atoms with van der Waals surface area (Å²) in [4.78, 5) is 18.3. The zero-order valence-corrected chi connectivity index (χ0v) is 10.6. The van der Waals surface area contributed by atoms with Crippen molar-refractivity contribution < 1.29 is 23.1 Å². The summed E-state index contributed by atoms with van der Waals surface area (Å²) in [5.41, 5.74) is -0.303. The number of aromatic carboxylic acids is 1. The first-order valence-corrected chi connectivity index (χ1v) is 5.82. The Morgan fingerprint density at radius 2 is 1.86 bits per heavy atom. The van der Waals surface area contributed by atoms with Gasteiger partial charge in [-0.1, -0.05) is 12.1 Å². The Hall–Kier alpha value is -2.64. The summed E-state index contributed by atoms with van der Waals surface area (Å²) in [6.45, 7) is 0.182. The van der Waals surface area contributed by atoms with Crippen molar-refractivity contribution in [2.24, 2.45) is 0 Å². The molecule has 2 aromatic rings. The van der Waals surface area contributed by atoms with Gasteiger partial charge in [0.15, 0.2) is 5.69 Å². The number of aromatic nitrogens is 2. The van der Waals surface area contributed by atoms with Crippen LogP contribution in [0.5, 0.6) is 0 Å². The Bertz CT molecular complexity index is 642. The summed E-state index contributed by atoms with van der Waals surface area (Å²) in [7, 11) is 0. The van der Waals surface area contributed by atoms with E-state index < -0.39 is 17.7 Å². The molecule has 0 aliphatic carbocycles. The topological polar surface area (TPSA) is 75.1 Å². The van der Waals surface area contributed by atoms with Gasteiger partial charge in [0.1, 0.15) is 0 Å². The van der Waals surface area contributed by atoms with Crippen LogP contribution >= 0.6 is 0 Å². The summed E-state index contributed by atoms with van der Waals surface area (Å²) in [6, 6.07) is 5.86. The van der Waals surface area contributed by atoms with Gasteiger partial charge in [-0.2, -0.15) is 13.2 Å². The minimum atomic E-state index is -4.37. The number of benzene rings is 1. The summed E-state index contributed by atoms with van der Waals surface area (Å²) < 4.78 is 37.2. The summed E-state index contributed by atoms with van der Waals surface area (Å²) in [5, 5.41) is 11.5. The molecule has 1 heterocycles. The van der Waals surface area contributed by atoms with E-state index >= 15 is 0 Å². The van der Waals surface area contributed by atoms with Crippen molar-refractivity contribution in [3.63, 3.8) is 0 Å². The number of halogens is 3. The highest BCUT2D eigenvalue weighted by Gasteiger charge is 2.29. The van der Waals surface area contributed by atoms with Gasteiger partial charge in [-0.05, 0) is 23.8 Å². The molecule has 2 N–H and O–H groups in total. The average Bonchev–Trinajstić information content (AvgIpc) is 2.45. The number of carboxylic acids is 1. The Balaban J connectivity index is 2.03. The first-order chi connectivity index (χ1) is 9.86. The predicted octanol–water partition coefficient (Wildman–Crippen LogP) is 2.81. The Kier molecular flexibility index (Phi) is 4.06. The lowest BCUT2D eigenvalue weighted by atomic mass is 10.1. The van der Waals surface area contributed by atoms with Crippen molar-refractivity contribution in [3.05, 3.63) is 53.3 Å². The van der Waals surface area contributed by atoms with Crippen molar-refractivity contribution in [2.45, 2.75) is 12.7 Å². The maximum Gasteiger partial charge on any atom is 0.416 e. The van der Waals surface area contributed by atoms with E-state index in [1.807, 2.05) is 0 Å². The lowest BCUT2D eigenvalue weighted by Gasteiger charge is -2.08. The molecule has 1 aromatic carbocycles. The molecule has 0 spiro atoms. The van der Waals surface area contributed by atoms with E-state index in [0.717, 1.165) is 12.1 Å². The number of carboxylic acid groups (broad SMARTS) is 1. The number of alkyl halides is 3. The molecule has 0 saturated heterocycles. The van der Waals surface area contributed by atoms with E-state index in [9.17, 15) is 18.0 Å². The fourth-order valence-electron chi connectivity index (χ4n) is 1.56.